The predicted octanol–water partition coefficient (Wildman–Crippen LogP) is 3.47. The van der Waals surface area contributed by atoms with Crippen LogP contribution in [0.2, 0.25) is 0 Å². The Labute approximate surface area is 291 Å². The molecule has 3 fully saturated rings. The van der Waals surface area contributed by atoms with E-state index in [9.17, 15) is 31.5 Å². The molecule has 5 atom stereocenters. The Morgan fingerprint density at radius 1 is 0.792 bits per heavy atom. The number of hydrogen-bond acceptors (Lipinski definition) is 8. The fourth-order valence-electron chi connectivity index (χ4n) is 8.13. The molecule has 0 radical (unpaired) electrons. The maximum absolute atomic E-state index is 14.0. The van der Waals surface area contributed by atoms with Gasteiger partial charge in [-0.1, -0.05) is 65.2 Å². The van der Waals surface area contributed by atoms with E-state index in [1.807, 2.05) is 13.8 Å². The van der Waals surface area contributed by atoms with E-state index < -0.39 is 49.3 Å². The summed E-state index contributed by atoms with van der Waals surface area (Å²) in [7, 11) is -2.78. The summed E-state index contributed by atoms with van der Waals surface area (Å²) in [5.41, 5.74) is 0. The Balaban J connectivity index is 1.77. The monoisotopic (exact) mass is 719 g/mol. The lowest BCUT2D eigenvalue weighted by molar-refractivity contribution is -0.138. The highest BCUT2D eigenvalue weighted by Gasteiger charge is 2.44. The number of carbonyl (C=O) groups excluding carboxylic acids is 2. The van der Waals surface area contributed by atoms with E-state index >= 15 is 0 Å². The minimum Gasteiger partial charge on any atom is -0.390 e. The summed E-state index contributed by atoms with van der Waals surface area (Å²) in [6.45, 7) is 5.15. The third-order valence-corrected chi connectivity index (χ3v) is 14.4. The van der Waals surface area contributed by atoms with Crippen LogP contribution in [0, 0.1) is 23.7 Å². The second kappa shape index (κ2) is 19.3. The van der Waals surface area contributed by atoms with Gasteiger partial charge in [0.1, 0.15) is 0 Å². The summed E-state index contributed by atoms with van der Waals surface area (Å²) in [4.78, 5) is 32.2. The van der Waals surface area contributed by atoms with Crippen LogP contribution in [-0.2, 0) is 29.6 Å². The van der Waals surface area contributed by atoms with Crippen molar-refractivity contribution in [1.82, 2.24) is 24.4 Å². The van der Waals surface area contributed by atoms with Gasteiger partial charge in [-0.2, -0.15) is 0 Å². The Morgan fingerprint density at radius 3 is 1.88 bits per heavy atom. The van der Waals surface area contributed by atoms with Gasteiger partial charge >= 0.3 is 0 Å². The van der Waals surface area contributed by atoms with Crippen molar-refractivity contribution >= 4 is 31.9 Å². The molecule has 3 rings (SSSR count). The van der Waals surface area contributed by atoms with Crippen LogP contribution in [0.15, 0.2) is 0 Å². The molecule has 0 aliphatic heterocycles. The number of nitrogens with zero attached hydrogens (tertiary/aromatic N) is 3. The number of likely N-dealkylation sites (N-methyl/N-ethyl adjacent to an activating group) is 1. The second-order valence-corrected chi connectivity index (χ2v) is 19.2. The summed E-state index contributed by atoms with van der Waals surface area (Å²) in [6.07, 6.45) is 12.0. The number of rotatable bonds is 18. The van der Waals surface area contributed by atoms with Crippen molar-refractivity contribution in [1.29, 1.82) is 0 Å². The first-order valence-electron chi connectivity index (χ1n) is 18.6. The topological polar surface area (TPSA) is 156 Å². The molecule has 0 aromatic carbocycles. The average Bonchev–Trinajstić information content (AvgIpc) is 3.04. The first-order valence-corrected chi connectivity index (χ1v) is 21.7. The number of carbonyl (C=O) groups is 2. The van der Waals surface area contributed by atoms with Gasteiger partial charge in [0.25, 0.3) is 0 Å². The third-order valence-electron chi connectivity index (χ3n) is 10.7. The average molecular weight is 720 g/mol. The Kier molecular flexibility index (Phi) is 16.6. The molecule has 0 aromatic rings. The first-order chi connectivity index (χ1) is 22.7. The number of hydrazine groups is 1. The van der Waals surface area contributed by atoms with Crippen molar-refractivity contribution in [3.8, 4) is 0 Å². The molecule has 12 nitrogen and oxygen atoms in total. The molecule has 3 N–H and O–H groups in total. The number of amides is 2. The maximum atomic E-state index is 14.0. The maximum Gasteiger partial charge on any atom is 0.225 e. The van der Waals surface area contributed by atoms with Gasteiger partial charge in [-0.05, 0) is 63.2 Å². The fourth-order valence-corrected chi connectivity index (χ4v) is 11.3. The number of nitrogens with one attached hydrogen (secondary N) is 2. The van der Waals surface area contributed by atoms with Gasteiger partial charge in [-0.3, -0.25) is 9.59 Å². The van der Waals surface area contributed by atoms with E-state index in [-0.39, 0.29) is 49.3 Å². The molecule has 0 bridgehead atoms. The SMILES string of the molecule is CCCN(CCC)C(=O)C1CC(C(=O)NC(CC2CCCCC2)C(O)CN(C)NS(=O)(=O)CC2CCCCC2)CC(S(=O)(=O)N(C)C)C1. The quantitative estimate of drug-likeness (QED) is 0.182. The van der Waals surface area contributed by atoms with Crippen molar-refractivity contribution < 1.29 is 31.5 Å². The zero-order valence-corrected chi connectivity index (χ0v) is 31.9. The summed E-state index contributed by atoms with van der Waals surface area (Å²) in [6, 6.07) is -0.650. The zero-order valence-electron chi connectivity index (χ0n) is 30.2. The van der Waals surface area contributed by atoms with Gasteiger partial charge in [0.05, 0.1) is 23.1 Å². The molecule has 5 unspecified atom stereocenters. The molecule has 0 aromatic heterocycles. The highest BCUT2D eigenvalue weighted by Crippen LogP contribution is 2.36. The molecule has 0 heterocycles. The van der Waals surface area contributed by atoms with E-state index in [0.29, 0.717) is 25.4 Å². The molecule has 48 heavy (non-hydrogen) atoms. The van der Waals surface area contributed by atoms with Crippen molar-refractivity contribution in [3.05, 3.63) is 0 Å². The molecule has 2 amide bonds. The minimum absolute atomic E-state index is 0.0199. The van der Waals surface area contributed by atoms with E-state index in [2.05, 4.69) is 10.1 Å². The molecule has 3 aliphatic rings. The van der Waals surface area contributed by atoms with Crippen LogP contribution < -0.4 is 10.1 Å². The van der Waals surface area contributed by atoms with Crippen LogP contribution in [0.5, 0.6) is 0 Å². The molecule has 3 aliphatic carbocycles. The molecule has 0 saturated heterocycles. The summed E-state index contributed by atoms with van der Waals surface area (Å²) >= 11 is 0. The van der Waals surface area contributed by atoms with E-state index in [0.717, 1.165) is 77.0 Å². The molecular formula is C34H65N5O7S2. The highest BCUT2D eigenvalue weighted by molar-refractivity contribution is 7.89. The molecule has 280 valence electrons. The Hall–Kier alpha value is -1.32. The summed E-state index contributed by atoms with van der Waals surface area (Å²) in [5.74, 6) is -1.27. The van der Waals surface area contributed by atoms with Crippen LogP contribution in [-0.4, -0.2) is 112 Å². The number of hydrogen-bond donors (Lipinski definition) is 3. The first kappa shape index (κ1) is 41.1. The third kappa shape index (κ3) is 12.5. The largest absolute Gasteiger partial charge is 0.390 e. The molecule has 0 spiro atoms. The van der Waals surface area contributed by atoms with Gasteiger partial charge in [0, 0.05) is 52.6 Å². The Bertz CT molecular complexity index is 1210. The van der Waals surface area contributed by atoms with Crippen molar-refractivity contribution in [3.63, 3.8) is 0 Å². The molecule has 14 heteroatoms. The standard InChI is InChI=1S/C34H65N5O7S2/c1-6-18-39(19-7-2)34(42)29-21-28(22-30(23-29)48(45,46)37(3)4)33(41)35-31(20-26-14-10-8-11-15-26)32(40)24-38(5)36-47(43,44)25-27-16-12-9-13-17-27/h26-32,36,40H,6-25H2,1-5H3,(H,35,41). The Morgan fingerprint density at radius 2 is 1.33 bits per heavy atom. The van der Waals surface area contributed by atoms with E-state index in [4.69, 9.17) is 0 Å². The van der Waals surface area contributed by atoms with Crippen LogP contribution in [0.3, 0.4) is 0 Å². The highest BCUT2D eigenvalue weighted by atomic mass is 32.2. The summed E-state index contributed by atoms with van der Waals surface area (Å²) in [5, 5.41) is 15.1. The predicted molar refractivity (Wildman–Crippen MR) is 190 cm³/mol. The van der Waals surface area contributed by atoms with Crippen LogP contribution >= 0.6 is 0 Å². The van der Waals surface area contributed by atoms with E-state index in [1.54, 1.807) is 11.9 Å². The normalized spacial score (nSPS) is 24.8. The number of aliphatic hydroxyl groups is 1. The lowest BCUT2D eigenvalue weighted by Gasteiger charge is -2.38. The number of sulfonamides is 2. The van der Waals surface area contributed by atoms with E-state index in [1.165, 1.54) is 23.4 Å². The zero-order chi connectivity index (χ0) is 35.5. The van der Waals surface area contributed by atoms with Gasteiger partial charge in [0.2, 0.25) is 31.9 Å². The number of aliphatic hydroxyl groups excluding tert-OH is 1. The lowest BCUT2D eigenvalue weighted by Crippen LogP contribution is -2.54. The van der Waals surface area contributed by atoms with Crippen molar-refractivity contribution in [2.75, 3.05) is 46.5 Å². The minimum atomic E-state index is -3.73. The summed E-state index contributed by atoms with van der Waals surface area (Å²) < 4.78 is 53.8. The van der Waals surface area contributed by atoms with Crippen molar-refractivity contribution in [2.24, 2.45) is 23.7 Å². The van der Waals surface area contributed by atoms with Gasteiger partial charge in [-0.25, -0.2) is 26.1 Å². The second-order valence-electron chi connectivity index (χ2n) is 15.1. The van der Waals surface area contributed by atoms with Crippen molar-refractivity contribution in [2.45, 2.75) is 134 Å². The van der Waals surface area contributed by atoms with Crippen LogP contribution in [0.25, 0.3) is 0 Å². The fraction of sp³-hybridized carbons (Fsp3) is 0.941. The lowest BCUT2D eigenvalue weighted by atomic mass is 9.79. The van der Waals surface area contributed by atoms with Crippen LogP contribution in [0.4, 0.5) is 0 Å². The molecular weight excluding hydrogens is 655 g/mol. The van der Waals surface area contributed by atoms with Gasteiger partial charge in [-0.15, -0.1) is 4.83 Å². The molecule has 3 saturated carbocycles. The van der Waals surface area contributed by atoms with Crippen LogP contribution in [0.1, 0.15) is 117 Å². The van der Waals surface area contributed by atoms with Gasteiger partial charge < -0.3 is 15.3 Å². The smallest absolute Gasteiger partial charge is 0.225 e. The van der Waals surface area contributed by atoms with Gasteiger partial charge in [0.15, 0.2) is 0 Å².